The number of nitrogens with zero attached hydrogens (tertiary/aromatic N) is 2. The Morgan fingerprint density at radius 2 is 2.32 bits per heavy atom. The fourth-order valence-electron chi connectivity index (χ4n) is 2.51. The Labute approximate surface area is 124 Å². The first-order chi connectivity index (χ1) is 9.10. The number of phenolic OH excluding ortho intramolecular Hbond substituents is 1. The Kier molecular flexibility index (Phi) is 3.12. The minimum atomic E-state index is -0.0463. The van der Waals surface area contributed by atoms with Gasteiger partial charge in [0, 0.05) is 22.8 Å². The molecule has 2 heterocycles. The molecule has 1 N–H and O–H groups in total. The molecule has 0 bridgehead atoms. The summed E-state index contributed by atoms with van der Waals surface area (Å²) < 4.78 is 5.52. The lowest BCUT2D eigenvalue weighted by Crippen LogP contribution is -2.35. The fraction of sp³-hybridized carbons (Fsp3) is 0.385. The van der Waals surface area contributed by atoms with Crippen molar-refractivity contribution in [2.24, 2.45) is 4.99 Å². The number of alkyl halides is 1. The van der Waals surface area contributed by atoms with Crippen molar-refractivity contribution in [1.29, 1.82) is 0 Å². The summed E-state index contributed by atoms with van der Waals surface area (Å²) in [5.74, 6) is 0.251. The van der Waals surface area contributed by atoms with Gasteiger partial charge in [-0.05, 0) is 12.5 Å². The zero-order chi connectivity index (χ0) is 13.6. The van der Waals surface area contributed by atoms with Crippen LogP contribution in [0.4, 0.5) is 5.69 Å². The van der Waals surface area contributed by atoms with Crippen LogP contribution in [0.3, 0.4) is 0 Å². The first kappa shape index (κ1) is 12.7. The van der Waals surface area contributed by atoms with Crippen LogP contribution >= 0.6 is 22.6 Å². The van der Waals surface area contributed by atoms with E-state index in [1.165, 1.54) is 13.2 Å². The van der Waals surface area contributed by atoms with Crippen LogP contribution in [0.5, 0.6) is 11.5 Å². The van der Waals surface area contributed by atoms with Gasteiger partial charge in [0.25, 0.3) is 5.91 Å². The van der Waals surface area contributed by atoms with E-state index >= 15 is 0 Å². The Hall–Kier alpha value is -1.31. The molecule has 2 atom stereocenters. The van der Waals surface area contributed by atoms with Crippen LogP contribution in [0.2, 0.25) is 0 Å². The number of amides is 1. The number of ether oxygens (including phenoxy) is 1. The van der Waals surface area contributed by atoms with Crippen molar-refractivity contribution in [2.75, 3.05) is 13.7 Å². The third kappa shape index (κ3) is 2.07. The second-order valence-corrected chi connectivity index (χ2v) is 6.44. The minimum Gasteiger partial charge on any atom is -0.504 e. The molecule has 2 unspecified atom stereocenters. The number of carbonyl (C=O) groups is 1. The fourth-order valence-corrected chi connectivity index (χ4v) is 3.45. The molecule has 2 aliphatic heterocycles. The van der Waals surface area contributed by atoms with E-state index in [0.29, 0.717) is 20.9 Å². The number of aliphatic imine (C=N–C) groups is 1. The van der Waals surface area contributed by atoms with Gasteiger partial charge in [-0.25, -0.2) is 0 Å². The number of hydrogen-bond donors (Lipinski definition) is 1. The van der Waals surface area contributed by atoms with Gasteiger partial charge in [0.1, 0.15) is 0 Å². The van der Waals surface area contributed by atoms with E-state index in [9.17, 15) is 9.90 Å². The van der Waals surface area contributed by atoms with Crippen molar-refractivity contribution in [3.05, 3.63) is 17.7 Å². The largest absolute Gasteiger partial charge is 0.504 e. The smallest absolute Gasteiger partial charge is 0.256 e. The number of aromatic hydroxyl groups is 1. The number of methoxy groups -OCH3 is 1. The standard InChI is InChI=1S/C13H13IN2O3/c1-19-12-3-9-10(4-11(12)17)15-5-8-2-7(14)6-16(8)13(9)18/h3-5,7-8,17H,2,6H2,1H3. The SMILES string of the molecule is COc1cc2c(cc1O)N=CC1CC(I)CN1C2=O. The van der Waals surface area contributed by atoms with Gasteiger partial charge in [-0.3, -0.25) is 9.79 Å². The van der Waals surface area contributed by atoms with Crippen LogP contribution in [0.1, 0.15) is 16.8 Å². The highest BCUT2D eigenvalue weighted by molar-refractivity contribution is 14.1. The maximum Gasteiger partial charge on any atom is 0.256 e. The van der Waals surface area contributed by atoms with Crippen molar-refractivity contribution >= 4 is 40.4 Å². The quantitative estimate of drug-likeness (QED) is 0.607. The second kappa shape index (κ2) is 4.66. The summed E-state index contributed by atoms with van der Waals surface area (Å²) >= 11 is 2.36. The Balaban J connectivity index is 2.09. The Morgan fingerprint density at radius 3 is 3.05 bits per heavy atom. The highest BCUT2D eigenvalue weighted by Gasteiger charge is 2.36. The zero-order valence-corrected chi connectivity index (χ0v) is 12.5. The summed E-state index contributed by atoms with van der Waals surface area (Å²) in [5, 5.41) is 9.76. The van der Waals surface area contributed by atoms with E-state index in [1.807, 2.05) is 4.90 Å². The Morgan fingerprint density at radius 1 is 1.53 bits per heavy atom. The molecule has 1 aromatic carbocycles. The number of fused-ring (bicyclic) bond motifs is 2. The molecule has 0 spiro atoms. The molecule has 5 nitrogen and oxygen atoms in total. The van der Waals surface area contributed by atoms with Crippen LogP contribution in [0.15, 0.2) is 17.1 Å². The maximum atomic E-state index is 12.5. The summed E-state index contributed by atoms with van der Waals surface area (Å²) in [7, 11) is 1.46. The summed E-state index contributed by atoms with van der Waals surface area (Å²) in [6, 6.07) is 3.09. The third-order valence-electron chi connectivity index (χ3n) is 3.47. The van der Waals surface area contributed by atoms with Gasteiger partial charge in [-0.2, -0.15) is 0 Å². The average molecular weight is 372 g/mol. The molecule has 0 radical (unpaired) electrons. The molecular weight excluding hydrogens is 359 g/mol. The molecule has 0 aromatic heterocycles. The molecule has 3 rings (SSSR count). The van der Waals surface area contributed by atoms with Crippen LogP contribution in [-0.2, 0) is 0 Å². The van der Waals surface area contributed by atoms with Crippen LogP contribution < -0.4 is 4.74 Å². The first-order valence-electron chi connectivity index (χ1n) is 6.00. The van der Waals surface area contributed by atoms with E-state index in [2.05, 4.69) is 27.6 Å². The van der Waals surface area contributed by atoms with Gasteiger partial charge < -0.3 is 14.7 Å². The van der Waals surface area contributed by atoms with Crippen molar-refractivity contribution in [3.8, 4) is 11.5 Å². The number of phenols is 1. The molecule has 2 aliphatic rings. The number of benzene rings is 1. The average Bonchev–Trinajstić information content (AvgIpc) is 2.71. The van der Waals surface area contributed by atoms with Crippen LogP contribution in [0.25, 0.3) is 0 Å². The minimum absolute atomic E-state index is 0.0000255. The number of carbonyl (C=O) groups excluding carboxylic acids is 1. The van der Waals surface area contributed by atoms with Crippen LogP contribution in [0, 0.1) is 0 Å². The molecule has 0 saturated carbocycles. The van der Waals surface area contributed by atoms with E-state index in [-0.39, 0.29) is 17.7 Å². The summed E-state index contributed by atoms with van der Waals surface area (Å²) in [4.78, 5) is 18.7. The van der Waals surface area contributed by atoms with E-state index in [0.717, 1.165) is 13.0 Å². The molecular formula is C13H13IN2O3. The molecule has 1 amide bonds. The molecule has 0 aliphatic carbocycles. The molecule has 1 aromatic rings. The van der Waals surface area contributed by atoms with Crippen molar-refractivity contribution in [1.82, 2.24) is 4.90 Å². The topological polar surface area (TPSA) is 62.1 Å². The van der Waals surface area contributed by atoms with Crippen LogP contribution in [-0.4, -0.2) is 45.7 Å². The highest BCUT2D eigenvalue weighted by atomic mass is 127. The third-order valence-corrected chi connectivity index (χ3v) is 4.37. The first-order valence-corrected chi connectivity index (χ1v) is 7.25. The predicted octanol–water partition coefficient (Wildman–Crippen LogP) is 2.13. The van der Waals surface area contributed by atoms with E-state index in [1.54, 1.807) is 12.3 Å². The highest BCUT2D eigenvalue weighted by Crippen LogP contribution is 2.37. The van der Waals surface area contributed by atoms with Crippen molar-refractivity contribution in [2.45, 2.75) is 16.4 Å². The lowest BCUT2D eigenvalue weighted by molar-refractivity contribution is 0.0775. The van der Waals surface area contributed by atoms with Gasteiger partial charge in [-0.15, -0.1) is 0 Å². The molecule has 1 fully saturated rings. The number of rotatable bonds is 1. The number of hydrogen-bond acceptors (Lipinski definition) is 4. The Bertz CT molecular complexity index is 573. The van der Waals surface area contributed by atoms with Gasteiger partial charge in [0.2, 0.25) is 0 Å². The van der Waals surface area contributed by atoms with E-state index < -0.39 is 0 Å². The number of halogens is 1. The summed E-state index contributed by atoms with van der Waals surface area (Å²) in [5.41, 5.74) is 0.988. The summed E-state index contributed by atoms with van der Waals surface area (Å²) in [6.45, 7) is 0.735. The molecule has 19 heavy (non-hydrogen) atoms. The van der Waals surface area contributed by atoms with Gasteiger partial charge in [0.15, 0.2) is 11.5 Å². The maximum absolute atomic E-state index is 12.5. The molecule has 6 heteroatoms. The second-order valence-electron chi connectivity index (χ2n) is 4.68. The van der Waals surface area contributed by atoms with Crippen molar-refractivity contribution in [3.63, 3.8) is 0 Å². The molecule has 100 valence electrons. The van der Waals surface area contributed by atoms with Gasteiger partial charge in [0.05, 0.1) is 24.4 Å². The monoisotopic (exact) mass is 372 g/mol. The normalized spacial score (nSPS) is 24.9. The van der Waals surface area contributed by atoms with Gasteiger partial charge >= 0.3 is 0 Å². The lowest BCUT2D eigenvalue weighted by Gasteiger charge is -2.20. The lowest BCUT2D eigenvalue weighted by atomic mass is 10.1. The zero-order valence-electron chi connectivity index (χ0n) is 10.3. The van der Waals surface area contributed by atoms with Gasteiger partial charge in [-0.1, -0.05) is 22.6 Å². The summed E-state index contributed by atoms with van der Waals surface area (Å²) in [6.07, 6.45) is 2.72. The molecule has 1 saturated heterocycles. The predicted molar refractivity (Wildman–Crippen MR) is 80.1 cm³/mol. The van der Waals surface area contributed by atoms with E-state index in [4.69, 9.17) is 4.74 Å². The van der Waals surface area contributed by atoms with Crippen molar-refractivity contribution < 1.29 is 14.6 Å².